The van der Waals surface area contributed by atoms with Crippen molar-refractivity contribution in [3.8, 4) is 0 Å². The second-order valence-corrected chi connectivity index (χ2v) is 5.43. The highest BCUT2D eigenvalue weighted by molar-refractivity contribution is 7.98. The largest absolute Gasteiger partial charge is 0.384 e. The van der Waals surface area contributed by atoms with Gasteiger partial charge in [-0.2, -0.15) is 0 Å². The van der Waals surface area contributed by atoms with Crippen molar-refractivity contribution in [2.75, 3.05) is 0 Å². The van der Waals surface area contributed by atoms with Crippen LogP contribution in [0.5, 0.6) is 0 Å². The molecular formula is C15H17N3S. The summed E-state index contributed by atoms with van der Waals surface area (Å²) in [4.78, 5) is 5.41. The number of thioether (sulfide) groups is 1. The molecule has 1 heterocycles. The molecule has 0 aliphatic carbocycles. The van der Waals surface area contributed by atoms with Gasteiger partial charge in [0.1, 0.15) is 5.84 Å². The van der Waals surface area contributed by atoms with Crippen molar-refractivity contribution in [3.63, 3.8) is 0 Å². The summed E-state index contributed by atoms with van der Waals surface area (Å²) in [6.07, 6.45) is 0. The number of hydrogen-bond acceptors (Lipinski definition) is 3. The molecule has 3 nitrogen and oxygen atoms in total. The van der Waals surface area contributed by atoms with E-state index in [1.807, 2.05) is 38.1 Å². The first-order valence-electron chi connectivity index (χ1n) is 6.07. The van der Waals surface area contributed by atoms with Gasteiger partial charge < -0.3 is 5.73 Å². The molecule has 2 rings (SSSR count). The number of pyridine rings is 1. The highest BCUT2D eigenvalue weighted by Crippen LogP contribution is 2.28. The van der Waals surface area contributed by atoms with Gasteiger partial charge in [-0.3, -0.25) is 10.4 Å². The number of rotatable bonds is 4. The summed E-state index contributed by atoms with van der Waals surface area (Å²) in [5.41, 5.74) is 9.46. The van der Waals surface area contributed by atoms with Crippen molar-refractivity contribution in [2.24, 2.45) is 5.73 Å². The minimum Gasteiger partial charge on any atom is -0.384 e. The molecule has 0 aliphatic rings. The molecule has 3 N–H and O–H groups in total. The van der Waals surface area contributed by atoms with Crippen LogP contribution in [-0.4, -0.2) is 10.8 Å². The molecule has 0 amide bonds. The number of nitrogens with one attached hydrogen (secondary N) is 1. The summed E-state index contributed by atoms with van der Waals surface area (Å²) in [7, 11) is 0. The van der Waals surface area contributed by atoms with E-state index in [0.717, 1.165) is 27.6 Å². The van der Waals surface area contributed by atoms with Gasteiger partial charge >= 0.3 is 0 Å². The summed E-state index contributed by atoms with van der Waals surface area (Å²) in [5.74, 6) is 0.949. The van der Waals surface area contributed by atoms with Crippen LogP contribution in [-0.2, 0) is 5.75 Å². The predicted molar refractivity (Wildman–Crippen MR) is 80.7 cm³/mol. The van der Waals surface area contributed by atoms with Gasteiger partial charge in [0.25, 0.3) is 0 Å². The van der Waals surface area contributed by atoms with E-state index in [1.54, 1.807) is 11.8 Å². The first-order valence-corrected chi connectivity index (χ1v) is 7.06. The molecule has 2 aromatic rings. The topological polar surface area (TPSA) is 62.8 Å². The van der Waals surface area contributed by atoms with E-state index in [0.29, 0.717) is 0 Å². The Balaban J connectivity index is 2.27. The number of nitrogens with zero attached hydrogens (tertiary/aromatic N) is 1. The fourth-order valence-corrected chi connectivity index (χ4v) is 3.14. The third kappa shape index (κ3) is 3.35. The van der Waals surface area contributed by atoms with Gasteiger partial charge in [-0.1, -0.05) is 30.3 Å². The lowest BCUT2D eigenvalue weighted by Crippen LogP contribution is -2.15. The van der Waals surface area contributed by atoms with E-state index in [2.05, 4.69) is 17.1 Å². The normalized spacial score (nSPS) is 10.4. The van der Waals surface area contributed by atoms with E-state index in [-0.39, 0.29) is 5.84 Å². The number of aryl methyl sites for hydroxylation is 2. The fourth-order valence-electron chi connectivity index (χ4n) is 1.97. The monoisotopic (exact) mass is 271 g/mol. The van der Waals surface area contributed by atoms with Crippen LogP contribution < -0.4 is 5.73 Å². The van der Waals surface area contributed by atoms with Gasteiger partial charge in [0, 0.05) is 22.0 Å². The average molecular weight is 271 g/mol. The molecule has 0 fully saturated rings. The van der Waals surface area contributed by atoms with Crippen LogP contribution in [0.3, 0.4) is 0 Å². The van der Waals surface area contributed by atoms with Crippen molar-refractivity contribution < 1.29 is 0 Å². The summed E-state index contributed by atoms with van der Waals surface area (Å²) < 4.78 is 0. The standard InChI is InChI=1S/C15H17N3S/c1-10-8-13(14(15(16)17)11(2)18-10)19-9-12-6-4-3-5-7-12/h3-8H,9H2,1-2H3,(H3,16,17). The molecule has 0 aliphatic heterocycles. The second-order valence-electron chi connectivity index (χ2n) is 4.41. The Morgan fingerprint density at radius 1 is 1.26 bits per heavy atom. The van der Waals surface area contributed by atoms with Gasteiger partial charge in [-0.15, -0.1) is 11.8 Å². The van der Waals surface area contributed by atoms with Crippen molar-refractivity contribution >= 4 is 17.6 Å². The molecule has 1 aromatic carbocycles. The number of benzene rings is 1. The average Bonchev–Trinajstić information content (AvgIpc) is 2.36. The van der Waals surface area contributed by atoms with Gasteiger partial charge in [0.15, 0.2) is 0 Å². The molecule has 0 spiro atoms. The van der Waals surface area contributed by atoms with Crippen LogP contribution in [0.1, 0.15) is 22.5 Å². The fraction of sp³-hybridized carbons (Fsp3) is 0.200. The Morgan fingerprint density at radius 2 is 1.95 bits per heavy atom. The van der Waals surface area contributed by atoms with Gasteiger partial charge in [0.2, 0.25) is 0 Å². The van der Waals surface area contributed by atoms with E-state index < -0.39 is 0 Å². The van der Waals surface area contributed by atoms with Gasteiger partial charge in [-0.25, -0.2) is 0 Å². The minimum absolute atomic E-state index is 0.0839. The van der Waals surface area contributed by atoms with Crippen molar-refractivity contribution in [3.05, 3.63) is 58.9 Å². The Bertz CT molecular complexity index is 594. The molecule has 0 unspecified atom stereocenters. The predicted octanol–water partition coefficient (Wildman–Crippen LogP) is 3.27. The molecule has 0 saturated carbocycles. The lowest BCUT2D eigenvalue weighted by Gasteiger charge is -2.11. The number of aromatic nitrogens is 1. The Hall–Kier alpha value is -1.81. The zero-order chi connectivity index (χ0) is 13.8. The number of amidine groups is 1. The van der Waals surface area contributed by atoms with E-state index >= 15 is 0 Å². The van der Waals surface area contributed by atoms with Crippen LogP contribution in [0.2, 0.25) is 0 Å². The van der Waals surface area contributed by atoms with Crippen LogP contribution in [0, 0.1) is 19.3 Å². The van der Waals surface area contributed by atoms with Gasteiger partial charge in [-0.05, 0) is 25.5 Å². The summed E-state index contributed by atoms with van der Waals surface area (Å²) in [5, 5.41) is 7.70. The van der Waals surface area contributed by atoms with Gasteiger partial charge in [0.05, 0.1) is 5.56 Å². The summed E-state index contributed by atoms with van der Waals surface area (Å²) in [6.45, 7) is 3.86. The number of nitrogen functional groups attached to an aromatic ring is 1. The first-order chi connectivity index (χ1) is 9.08. The van der Waals surface area contributed by atoms with Crippen molar-refractivity contribution in [1.82, 2.24) is 4.98 Å². The molecule has 1 aromatic heterocycles. The highest BCUT2D eigenvalue weighted by atomic mass is 32.2. The zero-order valence-corrected chi connectivity index (χ0v) is 11.9. The SMILES string of the molecule is Cc1cc(SCc2ccccc2)c(C(=N)N)c(C)n1. The third-order valence-corrected chi connectivity index (χ3v) is 3.91. The lowest BCUT2D eigenvalue weighted by atomic mass is 10.1. The maximum atomic E-state index is 7.70. The zero-order valence-electron chi connectivity index (χ0n) is 11.1. The van der Waals surface area contributed by atoms with E-state index in [1.165, 1.54) is 5.56 Å². The summed E-state index contributed by atoms with van der Waals surface area (Å²) >= 11 is 1.70. The molecule has 19 heavy (non-hydrogen) atoms. The number of hydrogen-bond donors (Lipinski definition) is 2. The molecule has 4 heteroatoms. The quantitative estimate of drug-likeness (QED) is 0.509. The molecule has 0 bridgehead atoms. The molecule has 98 valence electrons. The van der Waals surface area contributed by atoms with Crippen molar-refractivity contribution in [1.29, 1.82) is 5.41 Å². The smallest absolute Gasteiger partial charge is 0.125 e. The molecular weight excluding hydrogens is 254 g/mol. The second kappa shape index (κ2) is 5.89. The lowest BCUT2D eigenvalue weighted by molar-refractivity contribution is 1.07. The maximum absolute atomic E-state index is 7.70. The van der Waals surface area contributed by atoms with Crippen LogP contribution in [0.15, 0.2) is 41.3 Å². The molecule has 0 atom stereocenters. The minimum atomic E-state index is 0.0839. The Kier molecular flexibility index (Phi) is 4.22. The Morgan fingerprint density at radius 3 is 2.58 bits per heavy atom. The first kappa shape index (κ1) is 13.6. The van der Waals surface area contributed by atoms with E-state index in [9.17, 15) is 0 Å². The van der Waals surface area contributed by atoms with Crippen LogP contribution in [0.25, 0.3) is 0 Å². The highest BCUT2D eigenvalue weighted by Gasteiger charge is 2.11. The maximum Gasteiger partial charge on any atom is 0.125 e. The van der Waals surface area contributed by atoms with Crippen LogP contribution in [0.4, 0.5) is 0 Å². The van der Waals surface area contributed by atoms with E-state index in [4.69, 9.17) is 11.1 Å². The number of nitrogens with two attached hydrogens (primary N) is 1. The Labute approximate surface area is 117 Å². The third-order valence-electron chi connectivity index (χ3n) is 2.80. The molecule has 0 saturated heterocycles. The molecule has 0 radical (unpaired) electrons. The van der Waals surface area contributed by atoms with Crippen LogP contribution >= 0.6 is 11.8 Å². The van der Waals surface area contributed by atoms with Crippen molar-refractivity contribution in [2.45, 2.75) is 24.5 Å². The summed E-state index contributed by atoms with van der Waals surface area (Å²) in [6, 6.07) is 12.3.